The summed E-state index contributed by atoms with van der Waals surface area (Å²) in [6, 6.07) is 0. The molecular weight excluding hydrogens is 222 g/mol. The van der Waals surface area contributed by atoms with E-state index < -0.39 is 5.97 Å². The van der Waals surface area contributed by atoms with Crippen LogP contribution >= 0.6 is 0 Å². The number of carboxylic acid groups (broad SMARTS) is 1. The molecule has 1 amide bonds. The van der Waals surface area contributed by atoms with Crippen molar-refractivity contribution in [2.45, 2.75) is 32.3 Å². The third-order valence-corrected chi connectivity index (χ3v) is 3.03. The summed E-state index contributed by atoms with van der Waals surface area (Å²) in [5.41, 5.74) is 0. The Balaban J connectivity index is 2.55. The molecule has 1 saturated heterocycles. The van der Waals surface area contributed by atoms with Crippen molar-refractivity contribution in [3.63, 3.8) is 0 Å². The molecule has 0 unspecified atom stereocenters. The van der Waals surface area contributed by atoms with Crippen molar-refractivity contribution >= 4 is 11.9 Å². The standard InChI is InChI=1S/C12H19NO4/c1-2-3-9-8-13(7-6-10(9)14)11(15)4-5-12(16)17/h4-5,9-10,14H,2-3,6-8H2,1H3,(H,16,17)/b5-4+/t9-,10-/m1/s1. The van der Waals surface area contributed by atoms with Crippen LogP contribution in [0.2, 0.25) is 0 Å². The summed E-state index contributed by atoms with van der Waals surface area (Å²) in [5.74, 6) is -1.31. The maximum absolute atomic E-state index is 11.7. The van der Waals surface area contributed by atoms with Crippen molar-refractivity contribution in [2.24, 2.45) is 5.92 Å². The third-order valence-electron chi connectivity index (χ3n) is 3.03. The molecule has 1 rings (SSSR count). The molecule has 1 aliphatic rings. The minimum absolute atomic E-state index is 0.107. The molecule has 17 heavy (non-hydrogen) atoms. The van der Waals surface area contributed by atoms with E-state index in [1.165, 1.54) is 0 Å². The van der Waals surface area contributed by atoms with Crippen LogP contribution < -0.4 is 0 Å². The van der Waals surface area contributed by atoms with Gasteiger partial charge in [-0.3, -0.25) is 4.79 Å². The molecule has 0 aromatic rings. The number of nitrogens with zero attached hydrogens (tertiary/aromatic N) is 1. The van der Waals surface area contributed by atoms with Crippen LogP contribution in [0.25, 0.3) is 0 Å². The Morgan fingerprint density at radius 1 is 1.41 bits per heavy atom. The Bertz CT molecular complexity index is 314. The van der Waals surface area contributed by atoms with E-state index in [9.17, 15) is 14.7 Å². The van der Waals surface area contributed by atoms with Gasteiger partial charge in [0.15, 0.2) is 0 Å². The minimum Gasteiger partial charge on any atom is -0.478 e. The van der Waals surface area contributed by atoms with Crippen molar-refractivity contribution in [1.29, 1.82) is 0 Å². The average Bonchev–Trinajstić information content (AvgIpc) is 2.29. The largest absolute Gasteiger partial charge is 0.478 e. The second kappa shape index (κ2) is 6.39. The van der Waals surface area contributed by atoms with Crippen LogP contribution in [0, 0.1) is 5.92 Å². The molecule has 1 aliphatic heterocycles. The van der Waals surface area contributed by atoms with Crippen LogP contribution in [-0.2, 0) is 9.59 Å². The summed E-state index contributed by atoms with van der Waals surface area (Å²) in [4.78, 5) is 23.6. The van der Waals surface area contributed by atoms with Gasteiger partial charge in [-0.2, -0.15) is 0 Å². The van der Waals surface area contributed by atoms with Gasteiger partial charge < -0.3 is 15.1 Å². The Kier molecular flexibility index (Phi) is 5.15. The minimum atomic E-state index is -1.12. The topological polar surface area (TPSA) is 77.8 Å². The lowest BCUT2D eigenvalue weighted by Crippen LogP contribution is -2.45. The highest BCUT2D eigenvalue weighted by Gasteiger charge is 2.28. The van der Waals surface area contributed by atoms with E-state index in [2.05, 4.69) is 0 Å². The summed E-state index contributed by atoms with van der Waals surface area (Å²) in [6.45, 7) is 3.04. The lowest BCUT2D eigenvalue weighted by molar-refractivity contribution is -0.133. The van der Waals surface area contributed by atoms with Gasteiger partial charge in [-0.25, -0.2) is 4.79 Å². The number of piperidine rings is 1. The quantitative estimate of drug-likeness (QED) is 0.708. The van der Waals surface area contributed by atoms with Gasteiger partial charge in [0, 0.05) is 31.2 Å². The fraction of sp³-hybridized carbons (Fsp3) is 0.667. The average molecular weight is 241 g/mol. The molecule has 5 heteroatoms. The molecule has 0 aliphatic carbocycles. The van der Waals surface area contributed by atoms with Gasteiger partial charge in [0.2, 0.25) is 5.91 Å². The number of carboxylic acids is 1. The number of carbonyl (C=O) groups excluding carboxylic acids is 1. The number of carbonyl (C=O) groups is 2. The van der Waals surface area contributed by atoms with Crippen molar-refractivity contribution in [3.8, 4) is 0 Å². The Morgan fingerprint density at radius 2 is 2.12 bits per heavy atom. The molecule has 2 N–H and O–H groups in total. The zero-order chi connectivity index (χ0) is 12.8. The first-order valence-corrected chi connectivity index (χ1v) is 5.92. The number of aliphatic carboxylic acids is 1. The van der Waals surface area contributed by atoms with E-state index in [1.54, 1.807) is 4.90 Å². The first-order chi connectivity index (χ1) is 8.04. The molecule has 1 heterocycles. The first-order valence-electron chi connectivity index (χ1n) is 5.92. The van der Waals surface area contributed by atoms with E-state index in [-0.39, 0.29) is 17.9 Å². The molecular formula is C12H19NO4. The van der Waals surface area contributed by atoms with E-state index in [0.717, 1.165) is 25.0 Å². The van der Waals surface area contributed by atoms with Gasteiger partial charge in [-0.1, -0.05) is 13.3 Å². The summed E-state index contributed by atoms with van der Waals surface area (Å²) >= 11 is 0. The van der Waals surface area contributed by atoms with Crippen LogP contribution in [0.5, 0.6) is 0 Å². The number of aliphatic hydroxyl groups is 1. The predicted molar refractivity (Wildman–Crippen MR) is 62.4 cm³/mol. The molecule has 5 nitrogen and oxygen atoms in total. The number of hydrogen-bond acceptors (Lipinski definition) is 3. The van der Waals surface area contributed by atoms with Crippen LogP contribution in [0.4, 0.5) is 0 Å². The molecule has 2 atom stereocenters. The predicted octanol–water partition coefficient (Wildman–Crippen LogP) is 0.637. The zero-order valence-electron chi connectivity index (χ0n) is 10.0. The van der Waals surface area contributed by atoms with Crippen LogP contribution in [0.15, 0.2) is 12.2 Å². The highest BCUT2D eigenvalue weighted by molar-refractivity contribution is 5.93. The fourth-order valence-electron chi connectivity index (χ4n) is 2.12. The molecule has 0 aromatic carbocycles. The van der Waals surface area contributed by atoms with Crippen molar-refractivity contribution < 1.29 is 19.8 Å². The van der Waals surface area contributed by atoms with Gasteiger partial charge in [0.05, 0.1) is 6.10 Å². The number of hydrogen-bond donors (Lipinski definition) is 2. The first kappa shape index (κ1) is 13.7. The number of amides is 1. The lowest BCUT2D eigenvalue weighted by Gasteiger charge is -2.35. The molecule has 0 saturated carbocycles. The maximum Gasteiger partial charge on any atom is 0.328 e. The Labute approximate surface area is 101 Å². The highest BCUT2D eigenvalue weighted by Crippen LogP contribution is 2.21. The summed E-state index contributed by atoms with van der Waals surface area (Å²) in [6.07, 6.45) is 3.99. The third kappa shape index (κ3) is 4.19. The molecule has 96 valence electrons. The van der Waals surface area contributed by atoms with Gasteiger partial charge >= 0.3 is 5.97 Å². The second-order valence-electron chi connectivity index (χ2n) is 4.36. The highest BCUT2D eigenvalue weighted by atomic mass is 16.4. The lowest BCUT2D eigenvalue weighted by atomic mass is 9.91. The summed E-state index contributed by atoms with van der Waals surface area (Å²) in [5, 5.41) is 18.2. The van der Waals surface area contributed by atoms with Crippen LogP contribution in [0.1, 0.15) is 26.2 Å². The van der Waals surface area contributed by atoms with E-state index in [4.69, 9.17) is 5.11 Å². The number of likely N-dealkylation sites (tertiary alicyclic amines) is 1. The molecule has 0 bridgehead atoms. The molecule has 0 aromatic heterocycles. The SMILES string of the molecule is CCC[C@@H]1CN(C(=O)/C=C/C(=O)O)CC[C@H]1O. The normalized spacial score (nSPS) is 25.2. The number of aliphatic hydroxyl groups excluding tert-OH is 1. The summed E-state index contributed by atoms with van der Waals surface area (Å²) < 4.78 is 0. The van der Waals surface area contributed by atoms with Crippen molar-refractivity contribution in [3.05, 3.63) is 12.2 Å². The van der Waals surface area contributed by atoms with Gasteiger partial charge in [0.25, 0.3) is 0 Å². The number of rotatable bonds is 4. The zero-order valence-corrected chi connectivity index (χ0v) is 10.0. The van der Waals surface area contributed by atoms with E-state index >= 15 is 0 Å². The second-order valence-corrected chi connectivity index (χ2v) is 4.36. The molecule has 0 radical (unpaired) electrons. The van der Waals surface area contributed by atoms with Gasteiger partial charge in [-0.15, -0.1) is 0 Å². The smallest absolute Gasteiger partial charge is 0.328 e. The maximum atomic E-state index is 11.7. The van der Waals surface area contributed by atoms with Crippen LogP contribution in [-0.4, -0.2) is 46.2 Å². The Hall–Kier alpha value is -1.36. The van der Waals surface area contributed by atoms with E-state index in [1.807, 2.05) is 6.92 Å². The Morgan fingerprint density at radius 3 is 2.71 bits per heavy atom. The molecule has 0 spiro atoms. The van der Waals surface area contributed by atoms with Crippen molar-refractivity contribution in [2.75, 3.05) is 13.1 Å². The van der Waals surface area contributed by atoms with Gasteiger partial charge in [0.1, 0.15) is 0 Å². The van der Waals surface area contributed by atoms with Crippen LogP contribution in [0.3, 0.4) is 0 Å². The monoisotopic (exact) mass is 241 g/mol. The van der Waals surface area contributed by atoms with Crippen molar-refractivity contribution in [1.82, 2.24) is 4.90 Å². The van der Waals surface area contributed by atoms with Gasteiger partial charge in [-0.05, 0) is 12.8 Å². The fourth-order valence-corrected chi connectivity index (χ4v) is 2.12. The van der Waals surface area contributed by atoms with E-state index in [0.29, 0.717) is 19.5 Å². The molecule has 1 fully saturated rings. The summed E-state index contributed by atoms with van der Waals surface area (Å²) in [7, 11) is 0.